The Morgan fingerprint density at radius 1 is 1.48 bits per heavy atom. The van der Waals surface area contributed by atoms with Crippen LogP contribution in [-0.2, 0) is 16.0 Å². The van der Waals surface area contributed by atoms with Crippen molar-refractivity contribution in [2.45, 2.75) is 25.9 Å². The Bertz CT molecular complexity index is 607. The molecule has 1 aromatic heterocycles. The molecule has 0 aliphatic rings. The van der Waals surface area contributed by atoms with Crippen LogP contribution >= 0.6 is 0 Å². The Hall–Kier alpha value is -1.85. The van der Waals surface area contributed by atoms with Crippen molar-refractivity contribution < 1.29 is 14.6 Å². The molecule has 2 aromatic rings. The zero-order valence-electron chi connectivity index (χ0n) is 12.5. The van der Waals surface area contributed by atoms with Crippen molar-refractivity contribution in [2.24, 2.45) is 0 Å². The van der Waals surface area contributed by atoms with Gasteiger partial charge in [-0.3, -0.25) is 4.79 Å². The van der Waals surface area contributed by atoms with Crippen LogP contribution < -0.4 is 5.32 Å². The van der Waals surface area contributed by atoms with Gasteiger partial charge in [0.15, 0.2) is 0 Å². The Labute approximate surface area is 124 Å². The number of amides is 1. The topological polar surface area (TPSA) is 74.3 Å². The third-order valence-electron chi connectivity index (χ3n) is 3.44. The number of aromatic amines is 1. The summed E-state index contributed by atoms with van der Waals surface area (Å²) in [4.78, 5) is 15.0. The monoisotopic (exact) mass is 290 g/mol. The van der Waals surface area contributed by atoms with Crippen molar-refractivity contribution in [3.63, 3.8) is 0 Å². The highest BCUT2D eigenvalue weighted by molar-refractivity contribution is 5.84. The molecule has 1 aromatic carbocycles. The van der Waals surface area contributed by atoms with Gasteiger partial charge >= 0.3 is 0 Å². The minimum atomic E-state index is -0.658. The average molecular weight is 290 g/mol. The van der Waals surface area contributed by atoms with Crippen molar-refractivity contribution in [3.05, 3.63) is 35.5 Å². The number of carbonyl (C=O) groups excluding carboxylic acids is 1. The first-order chi connectivity index (χ1) is 10.1. The van der Waals surface area contributed by atoms with Gasteiger partial charge in [-0.25, -0.2) is 0 Å². The summed E-state index contributed by atoms with van der Waals surface area (Å²) in [6, 6.07) is 6.24. The van der Waals surface area contributed by atoms with Gasteiger partial charge in [0.2, 0.25) is 5.91 Å². The number of aliphatic hydroxyl groups is 1. The summed E-state index contributed by atoms with van der Waals surface area (Å²) in [5.41, 5.74) is 3.43. The lowest BCUT2D eigenvalue weighted by Gasteiger charge is -2.10. The van der Waals surface area contributed by atoms with E-state index in [-0.39, 0.29) is 19.1 Å². The number of benzene rings is 1. The number of aromatic nitrogens is 1. The number of hydrogen-bond acceptors (Lipinski definition) is 3. The summed E-state index contributed by atoms with van der Waals surface area (Å²) >= 11 is 0. The molecule has 21 heavy (non-hydrogen) atoms. The predicted octanol–water partition coefficient (Wildman–Crippen LogP) is 1.53. The van der Waals surface area contributed by atoms with Gasteiger partial charge in [-0.1, -0.05) is 11.6 Å². The van der Waals surface area contributed by atoms with E-state index in [1.165, 1.54) is 18.1 Å². The maximum Gasteiger partial charge on any atom is 0.220 e. The fourth-order valence-electron chi connectivity index (χ4n) is 2.32. The van der Waals surface area contributed by atoms with Gasteiger partial charge in [0, 0.05) is 37.2 Å². The van der Waals surface area contributed by atoms with Crippen molar-refractivity contribution in [1.29, 1.82) is 0 Å². The summed E-state index contributed by atoms with van der Waals surface area (Å²) < 4.78 is 4.81. The van der Waals surface area contributed by atoms with Crippen LogP contribution in [0.25, 0.3) is 10.9 Å². The van der Waals surface area contributed by atoms with Crippen LogP contribution in [0.4, 0.5) is 0 Å². The minimum absolute atomic E-state index is 0.0628. The van der Waals surface area contributed by atoms with Crippen molar-refractivity contribution in [2.75, 3.05) is 20.3 Å². The van der Waals surface area contributed by atoms with Crippen LogP contribution in [0.3, 0.4) is 0 Å². The molecule has 0 saturated heterocycles. The average Bonchev–Trinajstić information content (AvgIpc) is 2.85. The summed E-state index contributed by atoms with van der Waals surface area (Å²) in [5, 5.41) is 13.4. The van der Waals surface area contributed by atoms with Crippen LogP contribution in [-0.4, -0.2) is 42.4 Å². The first-order valence-electron chi connectivity index (χ1n) is 7.10. The van der Waals surface area contributed by atoms with Gasteiger partial charge in [-0.05, 0) is 31.0 Å². The second-order valence-corrected chi connectivity index (χ2v) is 5.28. The highest BCUT2D eigenvalue weighted by Crippen LogP contribution is 2.20. The Kier molecular flexibility index (Phi) is 5.36. The second-order valence-electron chi connectivity index (χ2n) is 5.28. The molecule has 0 radical (unpaired) electrons. The standard InChI is InChI=1S/C16H22N2O3/c1-11-3-5-15-14(7-11)12(8-17-15)4-6-16(20)18-9-13(19)10-21-2/h3,5,7-8,13,17,19H,4,6,9-10H2,1-2H3,(H,18,20). The number of nitrogens with one attached hydrogen (secondary N) is 2. The molecule has 3 N–H and O–H groups in total. The highest BCUT2D eigenvalue weighted by atomic mass is 16.5. The molecular formula is C16H22N2O3. The number of rotatable bonds is 7. The van der Waals surface area contributed by atoms with Crippen LogP contribution in [0, 0.1) is 6.92 Å². The highest BCUT2D eigenvalue weighted by Gasteiger charge is 2.09. The Morgan fingerprint density at radius 2 is 2.29 bits per heavy atom. The molecule has 0 saturated carbocycles. The first kappa shape index (κ1) is 15.5. The van der Waals surface area contributed by atoms with E-state index in [0.29, 0.717) is 12.8 Å². The third-order valence-corrected chi connectivity index (χ3v) is 3.44. The van der Waals surface area contributed by atoms with E-state index in [9.17, 15) is 9.90 Å². The number of hydrogen-bond donors (Lipinski definition) is 3. The van der Waals surface area contributed by atoms with Crippen LogP contribution in [0.2, 0.25) is 0 Å². The van der Waals surface area contributed by atoms with Crippen LogP contribution in [0.5, 0.6) is 0 Å². The molecule has 0 fully saturated rings. The lowest BCUT2D eigenvalue weighted by atomic mass is 10.1. The second kappa shape index (κ2) is 7.24. The van der Waals surface area contributed by atoms with E-state index in [0.717, 1.165) is 11.1 Å². The quantitative estimate of drug-likeness (QED) is 0.724. The Balaban J connectivity index is 1.87. The van der Waals surface area contributed by atoms with E-state index in [2.05, 4.69) is 35.4 Å². The van der Waals surface area contributed by atoms with Gasteiger partial charge < -0.3 is 20.1 Å². The molecule has 1 unspecified atom stereocenters. The van der Waals surface area contributed by atoms with E-state index in [4.69, 9.17) is 4.74 Å². The fraction of sp³-hybridized carbons (Fsp3) is 0.438. The summed E-state index contributed by atoms with van der Waals surface area (Å²) in [5.74, 6) is -0.0628. The van der Waals surface area contributed by atoms with Crippen molar-refractivity contribution in [3.8, 4) is 0 Å². The molecule has 0 bridgehead atoms. The number of aryl methyl sites for hydroxylation is 2. The number of H-pyrrole nitrogens is 1. The molecule has 2 rings (SSSR count). The van der Waals surface area contributed by atoms with Crippen LogP contribution in [0.1, 0.15) is 17.5 Å². The van der Waals surface area contributed by atoms with Crippen molar-refractivity contribution >= 4 is 16.8 Å². The lowest BCUT2D eigenvalue weighted by Crippen LogP contribution is -2.34. The molecule has 0 spiro atoms. The number of methoxy groups -OCH3 is 1. The van der Waals surface area contributed by atoms with E-state index < -0.39 is 6.10 Å². The number of ether oxygens (including phenoxy) is 1. The number of aliphatic hydroxyl groups excluding tert-OH is 1. The van der Waals surface area contributed by atoms with Crippen LogP contribution in [0.15, 0.2) is 24.4 Å². The van der Waals surface area contributed by atoms with Gasteiger partial charge in [-0.2, -0.15) is 0 Å². The largest absolute Gasteiger partial charge is 0.389 e. The SMILES string of the molecule is COCC(O)CNC(=O)CCc1c[nH]c2ccc(C)cc12. The van der Waals surface area contributed by atoms with E-state index in [1.807, 2.05) is 6.20 Å². The van der Waals surface area contributed by atoms with Gasteiger partial charge in [0.05, 0.1) is 12.7 Å². The molecule has 5 heteroatoms. The molecule has 0 aliphatic carbocycles. The smallest absolute Gasteiger partial charge is 0.220 e. The van der Waals surface area contributed by atoms with Gasteiger partial charge in [0.25, 0.3) is 0 Å². The molecular weight excluding hydrogens is 268 g/mol. The Morgan fingerprint density at radius 3 is 3.05 bits per heavy atom. The molecule has 1 heterocycles. The predicted molar refractivity (Wildman–Crippen MR) is 82.2 cm³/mol. The minimum Gasteiger partial charge on any atom is -0.389 e. The molecule has 5 nitrogen and oxygen atoms in total. The molecule has 0 aliphatic heterocycles. The number of fused-ring (bicyclic) bond motifs is 1. The third kappa shape index (κ3) is 4.31. The first-order valence-corrected chi connectivity index (χ1v) is 7.10. The summed E-state index contributed by atoms with van der Waals surface area (Å²) in [6.45, 7) is 2.50. The van der Waals surface area contributed by atoms with E-state index >= 15 is 0 Å². The molecule has 1 atom stereocenters. The molecule has 1 amide bonds. The lowest BCUT2D eigenvalue weighted by molar-refractivity contribution is -0.121. The summed E-state index contributed by atoms with van der Waals surface area (Å²) in [6.07, 6.45) is 2.38. The molecule has 114 valence electrons. The van der Waals surface area contributed by atoms with E-state index in [1.54, 1.807) is 0 Å². The maximum atomic E-state index is 11.8. The normalized spacial score (nSPS) is 12.5. The van der Waals surface area contributed by atoms with Gasteiger partial charge in [-0.15, -0.1) is 0 Å². The summed E-state index contributed by atoms with van der Waals surface area (Å²) in [7, 11) is 1.52. The number of carbonyl (C=O) groups is 1. The van der Waals surface area contributed by atoms with Gasteiger partial charge in [0.1, 0.15) is 0 Å². The zero-order valence-corrected chi connectivity index (χ0v) is 12.5. The zero-order chi connectivity index (χ0) is 15.2. The van der Waals surface area contributed by atoms with Crippen molar-refractivity contribution in [1.82, 2.24) is 10.3 Å². The maximum absolute atomic E-state index is 11.8. The fourth-order valence-corrected chi connectivity index (χ4v) is 2.32.